The Morgan fingerprint density at radius 3 is 1.75 bits per heavy atom. The number of carbonyl (C=O) groups excluding carboxylic acids is 2. The minimum absolute atomic E-state index is 0.216. The molecule has 1 rings (SSSR count). The number of benzene rings is 1. The van der Waals surface area contributed by atoms with E-state index in [1.807, 2.05) is 6.26 Å². The molecule has 0 heterocycles. The van der Waals surface area contributed by atoms with E-state index in [-0.39, 0.29) is 6.08 Å². The Kier molecular flexibility index (Phi) is 6.42. The molecule has 2 nitrogen and oxygen atoms in total. The molecule has 9 heteroatoms. The maximum absolute atomic E-state index is 12.3. The molecule has 1 aromatic rings. The Hall–Kier alpha value is -2.03. The molecule has 0 aliphatic rings. The van der Waals surface area contributed by atoms with E-state index in [1.165, 1.54) is 17.8 Å². The van der Waals surface area contributed by atoms with Gasteiger partial charge in [-0.25, -0.2) is 0 Å². The second-order valence-corrected chi connectivity index (χ2v) is 5.25. The lowest BCUT2D eigenvalue weighted by Gasteiger charge is -2.10. The number of rotatable bonds is 5. The third-order valence-corrected chi connectivity index (χ3v) is 3.42. The molecule has 0 radical (unpaired) electrons. The van der Waals surface area contributed by atoms with Crippen molar-refractivity contribution >= 4 is 29.4 Å². The minimum atomic E-state index is -5.58. The molecule has 0 N–H and O–H groups in total. The van der Waals surface area contributed by atoms with Crippen LogP contribution in [0.25, 0.3) is 6.08 Å². The highest BCUT2D eigenvalue weighted by Gasteiger charge is 2.49. The lowest BCUT2D eigenvalue weighted by Crippen LogP contribution is -2.34. The first-order valence-electron chi connectivity index (χ1n) is 6.22. The number of hydrogen-bond donors (Lipinski definition) is 0. The van der Waals surface area contributed by atoms with Crippen molar-refractivity contribution < 1.29 is 35.9 Å². The molecule has 0 atom stereocenters. The predicted octanol–water partition coefficient (Wildman–Crippen LogP) is 4.61. The standard InChI is InChI=1S/C15H10F6O2S/c1-24-10-7-5-9(6-8-10)3-2-4-11(12(22)14(16,17)18)13(23)15(19,20)21/h2-8H,1H3/b3-2+. The molecule has 0 saturated heterocycles. The highest BCUT2D eigenvalue weighted by molar-refractivity contribution is 7.98. The van der Waals surface area contributed by atoms with Gasteiger partial charge in [-0.05, 0) is 30.0 Å². The minimum Gasteiger partial charge on any atom is -0.284 e. The van der Waals surface area contributed by atoms with Crippen LogP contribution in [0.15, 0.2) is 46.9 Å². The molecule has 0 aromatic heterocycles. The van der Waals surface area contributed by atoms with Crippen molar-refractivity contribution in [2.24, 2.45) is 0 Å². The number of carbonyl (C=O) groups is 2. The zero-order valence-corrected chi connectivity index (χ0v) is 12.9. The van der Waals surface area contributed by atoms with Crippen LogP contribution in [0.5, 0.6) is 0 Å². The van der Waals surface area contributed by atoms with E-state index in [0.29, 0.717) is 5.56 Å². The van der Waals surface area contributed by atoms with Crippen molar-refractivity contribution in [2.75, 3.05) is 6.26 Å². The first-order chi connectivity index (χ1) is 11.0. The largest absolute Gasteiger partial charge is 0.455 e. The number of ketones is 2. The fraction of sp³-hybridized carbons (Fsp3) is 0.200. The number of allylic oxidation sites excluding steroid dienone is 3. The van der Waals surface area contributed by atoms with Crippen molar-refractivity contribution in [2.45, 2.75) is 17.2 Å². The highest BCUT2D eigenvalue weighted by atomic mass is 32.2. The molecule has 0 amide bonds. The van der Waals surface area contributed by atoms with E-state index in [9.17, 15) is 35.9 Å². The van der Waals surface area contributed by atoms with E-state index in [4.69, 9.17) is 0 Å². The van der Waals surface area contributed by atoms with Crippen LogP contribution in [-0.4, -0.2) is 30.2 Å². The van der Waals surface area contributed by atoms with E-state index in [0.717, 1.165) is 11.0 Å². The highest BCUT2D eigenvalue weighted by Crippen LogP contribution is 2.27. The SMILES string of the molecule is CSc1ccc(/C=C/C=C(C(=O)C(F)(F)F)C(=O)C(F)(F)F)cc1. The Labute approximate surface area is 137 Å². The van der Waals surface area contributed by atoms with Crippen molar-refractivity contribution in [1.29, 1.82) is 0 Å². The van der Waals surface area contributed by atoms with Crippen LogP contribution in [0.2, 0.25) is 0 Å². The summed E-state index contributed by atoms with van der Waals surface area (Å²) < 4.78 is 74.1. The maximum Gasteiger partial charge on any atom is 0.455 e. The van der Waals surface area contributed by atoms with Crippen molar-refractivity contribution in [1.82, 2.24) is 0 Å². The van der Waals surface area contributed by atoms with Crippen molar-refractivity contribution in [3.63, 3.8) is 0 Å². The van der Waals surface area contributed by atoms with Gasteiger partial charge in [0.2, 0.25) is 0 Å². The summed E-state index contributed by atoms with van der Waals surface area (Å²) >= 11 is 1.44. The first-order valence-corrected chi connectivity index (χ1v) is 7.44. The normalized spacial score (nSPS) is 12.3. The fourth-order valence-corrected chi connectivity index (χ4v) is 1.94. The molecule has 0 fully saturated rings. The van der Waals surface area contributed by atoms with Gasteiger partial charge in [-0.3, -0.25) is 9.59 Å². The lowest BCUT2D eigenvalue weighted by molar-refractivity contribution is -0.175. The topological polar surface area (TPSA) is 34.1 Å². The van der Waals surface area contributed by atoms with Crippen LogP contribution in [0.1, 0.15) is 5.56 Å². The van der Waals surface area contributed by atoms with Crippen molar-refractivity contribution in [3.05, 3.63) is 47.6 Å². The molecule has 1 aromatic carbocycles. The smallest absolute Gasteiger partial charge is 0.284 e. The van der Waals surface area contributed by atoms with Crippen LogP contribution >= 0.6 is 11.8 Å². The molecule has 0 unspecified atom stereocenters. The summed E-state index contributed by atoms with van der Waals surface area (Å²) in [6.45, 7) is 0. The molecule has 0 aliphatic heterocycles. The third-order valence-electron chi connectivity index (χ3n) is 2.67. The maximum atomic E-state index is 12.3. The van der Waals surface area contributed by atoms with Gasteiger partial charge in [0, 0.05) is 4.90 Å². The summed E-state index contributed by atoms with van der Waals surface area (Å²) in [4.78, 5) is 23.0. The number of thioether (sulfide) groups is 1. The van der Waals surface area contributed by atoms with Gasteiger partial charge in [0.1, 0.15) is 0 Å². The fourth-order valence-electron chi connectivity index (χ4n) is 1.53. The van der Waals surface area contributed by atoms with Crippen LogP contribution in [0, 0.1) is 0 Å². The Balaban J connectivity index is 3.14. The molecule has 130 valence electrons. The number of alkyl halides is 6. The zero-order valence-electron chi connectivity index (χ0n) is 12.0. The summed E-state index contributed by atoms with van der Waals surface area (Å²) in [7, 11) is 0. The Bertz CT molecular complexity index is 641. The summed E-state index contributed by atoms with van der Waals surface area (Å²) in [6, 6.07) is 6.54. The second-order valence-electron chi connectivity index (χ2n) is 4.37. The van der Waals surface area contributed by atoms with Crippen LogP contribution in [0.3, 0.4) is 0 Å². The Morgan fingerprint density at radius 1 is 0.917 bits per heavy atom. The zero-order chi connectivity index (χ0) is 18.5. The summed E-state index contributed by atoms with van der Waals surface area (Å²) in [5.74, 6) is -5.68. The molecule has 24 heavy (non-hydrogen) atoms. The average Bonchev–Trinajstić information content (AvgIpc) is 2.49. The van der Waals surface area contributed by atoms with Gasteiger partial charge < -0.3 is 0 Å². The summed E-state index contributed by atoms with van der Waals surface area (Å²) in [5, 5.41) is 0. The Morgan fingerprint density at radius 2 is 1.38 bits per heavy atom. The molecule has 0 spiro atoms. The van der Waals surface area contributed by atoms with Gasteiger partial charge in [-0.1, -0.05) is 24.3 Å². The predicted molar refractivity (Wildman–Crippen MR) is 77.5 cm³/mol. The quantitative estimate of drug-likeness (QED) is 0.190. The molecule has 0 bridgehead atoms. The van der Waals surface area contributed by atoms with E-state index >= 15 is 0 Å². The van der Waals surface area contributed by atoms with Crippen LogP contribution < -0.4 is 0 Å². The monoisotopic (exact) mass is 368 g/mol. The summed E-state index contributed by atoms with van der Waals surface area (Å²) in [5.41, 5.74) is -1.51. The van der Waals surface area contributed by atoms with Gasteiger partial charge in [-0.15, -0.1) is 11.8 Å². The number of Topliss-reactive ketones (excluding diaryl/α,β-unsaturated/α-hetero) is 2. The van der Waals surface area contributed by atoms with E-state index in [2.05, 4.69) is 0 Å². The van der Waals surface area contributed by atoms with E-state index in [1.54, 1.807) is 24.3 Å². The van der Waals surface area contributed by atoms with E-state index < -0.39 is 29.5 Å². The summed E-state index contributed by atoms with van der Waals surface area (Å²) in [6.07, 6.45) is -7.16. The van der Waals surface area contributed by atoms with Gasteiger partial charge in [-0.2, -0.15) is 26.3 Å². The molecule has 0 saturated carbocycles. The number of hydrogen-bond acceptors (Lipinski definition) is 3. The first kappa shape index (κ1) is 20.0. The van der Waals surface area contributed by atoms with Gasteiger partial charge in [0.25, 0.3) is 11.6 Å². The van der Waals surface area contributed by atoms with Gasteiger partial charge >= 0.3 is 12.4 Å². The molecule has 0 aliphatic carbocycles. The molecular weight excluding hydrogens is 358 g/mol. The van der Waals surface area contributed by atoms with Crippen LogP contribution in [-0.2, 0) is 9.59 Å². The third kappa shape index (κ3) is 5.55. The van der Waals surface area contributed by atoms with Crippen LogP contribution in [0.4, 0.5) is 26.3 Å². The molecular formula is C15H10F6O2S. The van der Waals surface area contributed by atoms with Gasteiger partial charge in [0.15, 0.2) is 0 Å². The van der Waals surface area contributed by atoms with Gasteiger partial charge in [0.05, 0.1) is 5.57 Å². The number of halogens is 6. The van der Waals surface area contributed by atoms with Crippen molar-refractivity contribution in [3.8, 4) is 0 Å². The second kappa shape index (κ2) is 7.69. The average molecular weight is 368 g/mol. The lowest BCUT2D eigenvalue weighted by atomic mass is 10.0.